The molecule has 1 saturated heterocycles. The van der Waals surface area contributed by atoms with Crippen LogP contribution in [-0.2, 0) is 0 Å². The molecule has 0 radical (unpaired) electrons. The molecule has 180 valence electrons. The third-order valence-electron chi connectivity index (χ3n) is 7.18. The maximum absolute atomic E-state index is 10.7. The highest BCUT2D eigenvalue weighted by Crippen LogP contribution is 2.38. The van der Waals surface area contributed by atoms with E-state index in [1.165, 1.54) is 33.4 Å². The van der Waals surface area contributed by atoms with Gasteiger partial charge in [-0.25, -0.2) is 4.98 Å². The summed E-state index contributed by atoms with van der Waals surface area (Å²) < 4.78 is 5.82. The van der Waals surface area contributed by atoms with Crippen LogP contribution >= 0.6 is 0 Å². The largest absolute Gasteiger partial charge is 0.475 e. The number of hydrogen-bond acceptors (Lipinski definition) is 4. The van der Waals surface area contributed by atoms with Gasteiger partial charge in [0.25, 0.3) is 0 Å². The molecule has 0 saturated carbocycles. The van der Waals surface area contributed by atoms with Crippen LogP contribution in [-0.4, -0.2) is 47.3 Å². The Morgan fingerprint density at radius 2 is 1.42 bits per heavy atom. The molecular formula is C32H30N2O2. The number of aliphatic hydroxyl groups excluding tert-OH is 1. The van der Waals surface area contributed by atoms with E-state index in [-0.39, 0.29) is 6.61 Å². The van der Waals surface area contributed by atoms with Crippen molar-refractivity contribution < 1.29 is 9.84 Å². The number of aromatic nitrogens is 1. The fourth-order valence-electron chi connectivity index (χ4n) is 5.36. The van der Waals surface area contributed by atoms with Crippen molar-refractivity contribution in [1.82, 2.24) is 9.88 Å². The van der Waals surface area contributed by atoms with Crippen LogP contribution in [0.1, 0.15) is 35.1 Å². The summed E-state index contributed by atoms with van der Waals surface area (Å²) in [7, 11) is 0. The van der Waals surface area contributed by atoms with E-state index < -0.39 is 6.10 Å². The zero-order chi connectivity index (χ0) is 24.3. The molecular weight excluding hydrogens is 444 g/mol. The third kappa shape index (κ3) is 4.70. The Bertz CT molecular complexity index is 1390. The summed E-state index contributed by atoms with van der Waals surface area (Å²) in [6, 6.07) is 29.2. The van der Waals surface area contributed by atoms with E-state index in [9.17, 15) is 5.11 Å². The van der Waals surface area contributed by atoms with Crippen molar-refractivity contribution in [3.8, 4) is 5.88 Å². The van der Waals surface area contributed by atoms with E-state index in [0.29, 0.717) is 12.4 Å². The lowest BCUT2D eigenvalue weighted by Gasteiger charge is -2.31. The van der Waals surface area contributed by atoms with Gasteiger partial charge < -0.3 is 9.84 Å². The molecule has 4 aromatic rings. The first-order chi connectivity index (χ1) is 17.7. The number of para-hydroxylation sites is 1. The highest BCUT2D eigenvalue weighted by atomic mass is 16.5. The lowest BCUT2D eigenvalue weighted by atomic mass is 9.86. The van der Waals surface area contributed by atoms with E-state index in [2.05, 4.69) is 70.6 Å². The summed E-state index contributed by atoms with van der Waals surface area (Å²) >= 11 is 0. The van der Waals surface area contributed by atoms with Gasteiger partial charge in [-0.3, -0.25) is 4.90 Å². The summed E-state index contributed by atoms with van der Waals surface area (Å²) in [5.41, 5.74) is 8.97. The van der Waals surface area contributed by atoms with Crippen molar-refractivity contribution in [3.05, 3.63) is 113 Å². The highest BCUT2D eigenvalue weighted by Gasteiger charge is 2.23. The lowest BCUT2D eigenvalue weighted by molar-refractivity contribution is 0.0641. The summed E-state index contributed by atoms with van der Waals surface area (Å²) in [5, 5.41) is 11.8. The van der Waals surface area contributed by atoms with E-state index in [1.807, 2.05) is 36.4 Å². The number of pyridine rings is 1. The summed E-state index contributed by atoms with van der Waals surface area (Å²) in [4.78, 5) is 6.89. The fourth-order valence-corrected chi connectivity index (χ4v) is 5.36. The van der Waals surface area contributed by atoms with Gasteiger partial charge in [0, 0.05) is 31.1 Å². The number of aliphatic hydroxyl groups is 1. The normalized spacial score (nSPS) is 16.4. The number of hydrogen-bond donors (Lipinski definition) is 1. The lowest BCUT2D eigenvalue weighted by Crippen LogP contribution is -2.39. The standard InChI is InChI=1S/C32H30N2O2/c35-27(22-36-31-16-15-25-9-3-6-12-30(25)33-31)21-34-19-17-26(18-20-34)32-28-10-4-1-7-23(28)13-14-24-8-2-5-11-29(24)32/h1-16,27,35H,17-22H2. The number of piperidine rings is 1. The first-order valence-corrected chi connectivity index (χ1v) is 12.7. The van der Waals surface area contributed by atoms with Crippen LogP contribution in [0, 0.1) is 0 Å². The predicted molar refractivity (Wildman–Crippen MR) is 147 cm³/mol. The zero-order valence-electron chi connectivity index (χ0n) is 20.3. The number of likely N-dealkylation sites (tertiary alicyclic amines) is 1. The maximum atomic E-state index is 10.7. The number of rotatable bonds is 5. The minimum atomic E-state index is -0.559. The number of benzene rings is 3. The Morgan fingerprint density at radius 3 is 2.14 bits per heavy atom. The van der Waals surface area contributed by atoms with Crippen LogP contribution in [0.2, 0.25) is 0 Å². The molecule has 4 heteroatoms. The van der Waals surface area contributed by atoms with Crippen LogP contribution < -0.4 is 4.74 Å². The minimum absolute atomic E-state index is 0.238. The molecule has 1 fully saturated rings. The summed E-state index contributed by atoms with van der Waals surface area (Å²) in [5.74, 6) is 0.553. The molecule has 6 rings (SSSR count). The fraction of sp³-hybridized carbons (Fsp3) is 0.219. The number of fused-ring (bicyclic) bond motifs is 3. The second-order valence-electron chi connectivity index (χ2n) is 9.59. The Balaban J connectivity index is 1.13. The number of nitrogens with zero attached hydrogens (tertiary/aromatic N) is 2. The Morgan fingerprint density at radius 1 is 0.778 bits per heavy atom. The molecule has 1 aliphatic carbocycles. The number of ether oxygens (including phenoxy) is 1. The van der Waals surface area contributed by atoms with Gasteiger partial charge in [0.15, 0.2) is 0 Å². The van der Waals surface area contributed by atoms with E-state index in [4.69, 9.17) is 4.74 Å². The predicted octanol–water partition coefficient (Wildman–Crippen LogP) is 6.06. The first-order valence-electron chi connectivity index (χ1n) is 12.7. The molecule has 1 N–H and O–H groups in total. The topological polar surface area (TPSA) is 45.6 Å². The first kappa shape index (κ1) is 22.7. The Kier molecular flexibility index (Phi) is 6.37. The third-order valence-corrected chi connectivity index (χ3v) is 7.18. The van der Waals surface area contributed by atoms with Gasteiger partial charge in [0.05, 0.1) is 5.52 Å². The second-order valence-corrected chi connectivity index (χ2v) is 9.59. The molecule has 0 amide bonds. The molecule has 0 spiro atoms. The van der Waals surface area contributed by atoms with Crippen molar-refractivity contribution in [2.75, 3.05) is 26.2 Å². The molecule has 1 aromatic heterocycles. The van der Waals surface area contributed by atoms with Crippen molar-refractivity contribution in [3.63, 3.8) is 0 Å². The van der Waals surface area contributed by atoms with E-state index >= 15 is 0 Å². The van der Waals surface area contributed by atoms with Crippen LogP contribution in [0.5, 0.6) is 5.88 Å². The minimum Gasteiger partial charge on any atom is -0.475 e. The van der Waals surface area contributed by atoms with Crippen LogP contribution in [0.4, 0.5) is 0 Å². The SMILES string of the molecule is OC(COc1ccc2ccccc2n1)CN1CCC(=C2c3ccccc3C=Cc3ccccc32)CC1. The second kappa shape index (κ2) is 10.1. The summed E-state index contributed by atoms with van der Waals surface area (Å²) in [6.07, 6.45) is 5.90. The molecule has 1 unspecified atom stereocenters. The van der Waals surface area contributed by atoms with Crippen molar-refractivity contribution >= 4 is 28.6 Å². The van der Waals surface area contributed by atoms with Crippen LogP contribution in [0.25, 0.3) is 28.6 Å². The molecule has 4 nitrogen and oxygen atoms in total. The number of β-amino-alcohol motifs (C(OH)–C–C–N with tert-alkyl or cyclic N) is 1. The molecule has 0 bridgehead atoms. The average molecular weight is 475 g/mol. The molecule has 2 heterocycles. The van der Waals surface area contributed by atoms with Gasteiger partial charge in [-0.1, -0.05) is 84.5 Å². The van der Waals surface area contributed by atoms with E-state index in [0.717, 1.165) is 36.8 Å². The van der Waals surface area contributed by atoms with Gasteiger partial charge >= 0.3 is 0 Å². The quantitative estimate of drug-likeness (QED) is 0.337. The van der Waals surface area contributed by atoms with Crippen molar-refractivity contribution in [1.29, 1.82) is 0 Å². The van der Waals surface area contributed by atoms with Gasteiger partial charge in [-0.15, -0.1) is 0 Å². The monoisotopic (exact) mass is 474 g/mol. The summed E-state index contributed by atoms with van der Waals surface area (Å²) in [6.45, 7) is 2.71. The molecule has 36 heavy (non-hydrogen) atoms. The molecule has 1 aliphatic heterocycles. The van der Waals surface area contributed by atoms with Gasteiger partial charge in [0.1, 0.15) is 12.7 Å². The molecule has 2 aliphatic rings. The Labute approximate surface area is 212 Å². The molecule has 3 aromatic carbocycles. The average Bonchev–Trinajstić information content (AvgIpc) is 3.09. The highest BCUT2D eigenvalue weighted by molar-refractivity contribution is 5.95. The van der Waals surface area contributed by atoms with Crippen LogP contribution in [0.15, 0.2) is 90.5 Å². The Hall–Kier alpha value is -3.73. The smallest absolute Gasteiger partial charge is 0.213 e. The zero-order valence-corrected chi connectivity index (χ0v) is 20.3. The van der Waals surface area contributed by atoms with Gasteiger partial charge in [-0.2, -0.15) is 0 Å². The van der Waals surface area contributed by atoms with Crippen LogP contribution in [0.3, 0.4) is 0 Å². The van der Waals surface area contributed by atoms with Crippen molar-refractivity contribution in [2.24, 2.45) is 0 Å². The van der Waals surface area contributed by atoms with Crippen molar-refractivity contribution in [2.45, 2.75) is 18.9 Å². The van der Waals surface area contributed by atoms with E-state index in [1.54, 1.807) is 0 Å². The molecule has 1 atom stereocenters. The maximum Gasteiger partial charge on any atom is 0.213 e. The van der Waals surface area contributed by atoms with Gasteiger partial charge in [0.2, 0.25) is 5.88 Å². The van der Waals surface area contributed by atoms with Gasteiger partial charge in [-0.05, 0) is 52.8 Å².